The summed E-state index contributed by atoms with van der Waals surface area (Å²) in [5.74, 6) is 0.559. The quantitative estimate of drug-likeness (QED) is 0.713. The normalized spacial score (nSPS) is 10.6. The molecule has 0 spiro atoms. The first-order valence-electron chi connectivity index (χ1n) is 5.76. The third-order valence-corrected chi connectivity index (χ3v) is 3.68. The van der Waals surface area contributed by atoms with Crippen molar-refractivity contribution in [3.8, 4) is 11.5 Å². The Balaban J connectivity index is 1.92. The van der Waals surface area contributed by atoms with E-state index in [0.717, 1.165) is 21.0 Å². The standard InChI is InChI=1S/C14H12N2O2S/c1-18-12-8-9(6-7-11(12)17)15-14-16-10-4-2-3-5-13(10)19-14/h2-8,17H,1H3,(H,15,16). The van der Waals surface area contributed by atoms with Crippen molar-refractivity contribution in [3.63, 3.8) is 0 Å². The minimum Gasteiger partial charge on any atom is -0.504 e. The maximum Gasteiger partial charge on any atom is 0.188 e. The number of ether oxygens (including phenoxy) is 1. The third-order valence-electron chi connectivity index (χ3n) is 2.72. The van der Waals surface area contributed by atoms with Crippen LogP contribution in [0, 0.1) is 0 Å². The highest BCUT2D eigenvalue weighted by atomic mass is 32.1. The molecule has 0 radical (unpaired) electrons. The lowest BCUT2D eigenvalue weighted by molar-refractivity contribution is 0.374. The first kappa shape index (κ1) is 11.8. The van der Waals surface area contributed by atoms with Gasteiger partial charge in [-0.2, -0.15) is 0 Å². The molecule has 0 saturated carbocycles. The van der Waals surface area contributed by atoms with Crippen LogP contribution in [0.25, 0.3) is 10.2 Å². The molecule has 3 rings (SSSR count). The zero-order valence-electron chi connectivity index (χ0n) is 10.3. The van der Waals surface area contributed by atoms with Gasteiger partial charge in [0, 0.05) is 11.8 Å². The summed E-state index contributed by atoms with van der Waals surface area (Å²) < 4.78 is 6.21. The van der Waals surface area contributed by atoms with E-state index >= 15 is 0 Å². The number of thiazole rings is 1. The molecule has 1 heterocycles. The molecule has 2 N–H and O–H groups in total. The van der Waals surface area contributed by atoms with Crippen LogP contribution in [0.15, 0.2) is 42.5 Å². The molecule has 0 unspecified atom stereocenters. The van der Waals surface area contributed by atoms with E-state index in [1.54, 1.807) is 29.5 Å². The number of methoxy groups -OCH3 is 1. The predicted molar refractivity (Wildman–Crippen MR) is 77.6 cm³/mol. The predicted octanol–water partition coefficient (Wildman–Crippen LogP) is 3.75. The van der Waals surface area contributed by atoms with Gasteiger partial charge in [0.15, 0.2) is 16.6 Å². The van der Waals surface area contributed by atoms with Crippen LogP contribution in [0.2, 0.25) is 0 Å². The number of para-hydroxylation sites is 1. The highest BCUT2D eigenvalue weighted by molar-refractivity contribution is 7.22. The molecule has 1 aromatic heterocycles. The van der Waals surface area contributed by atoms with Crippen LogP contribution >= 0.6 is 11.3 Å². The summed E-state index contributed by atoms with van der Waals surface area (Å²) in [5, 5.41) is 13.6. The summed E-state index contributed by atoms with van der Waals surface area (Å²) in [7, 11) is 1.52. The first-order chi connectivity index (χ1) is 9.26. The van der Waals surface area contributed by atoms with Gasteiger partial charge in [-0.05, 0) is 24.3 Å². The van der Waals surface area contributed by atoms with Crippen molar-refractivity contribution in [1.82, 2.24) is 4.98 Å². The SMILES string of the molecule is COc1cc(Nc2nc3ccccc3s2)ccc1O. The number of benzene rings is 2. The van der Waals surface area contributed by atoms with E-state index in [-0.39, 0.29) is 5.75 Å². The van der Waals surface area contributed by atoms with Crippen molar-refractivity contribution < 1.29 is 9.84 Å². The van der Waals surface area contributed by atoms with E-state index in [1.807, 2.05) is 24.3 Å². The molecule has 0 atom stereocenters. The molecule has 0 fully saturated rings. The van der Waals surface area contributed by atoms with Crippen molar-refractivity contribution in [3.05, 3.63) is 42.5 Å². The Labute approximate surface area is 114 Å². The Morgan fingerprint density at radius 2 is 2.05 bits per heavy atom. The number of fused-ring (bicyclic) bond motifs is 1. The molecule has 5 heteroatoms. The Kier molecular flexibility index (Phi) is 2.97. The number of nitrogens with one attached hydrogen (secondary N) is 1. The fourth-order valence-corrected chi connectivity index (χ4v) is 2.69. The molecule has 0 aliphatic carbocycles. The molecule has 3 aromatic rings. The molecule has 96 valence electrons. The van der Waals surface area contributed by atoms with Gasteiger partial charge in [-0.1, -0.05) is 23.5 Å². The Morgan fingerprint density at radius 1 is 1.21 bits per heavy atom. The number of phenolic OH excluding ortho intramolecular Hbond substituents is 1. The number of rotatable bonds is 3. The second kappa shape index (κ2) is 4.78. The summed E-state index contributed by atoms with van der Waals surface area (Å²) in [6.07, 6.45) is 0. The molecule has 4 nitrogen and oxygen atoms in total. The lowest BCUT2D eigenvalue weighted by Crippen LogP contribution is -1.90. The summed E-state index contributed by atoms with van der Waals surface area (Å²) in [6, 6.07) is 13.1. The van der Waals surface area contributed by atoms with Gasteiger partial charge in [0.1, 0.15) is 0 Å². The smallest absolute Gasteiger partial charge is 0.188 e. The second-order valence-corrected chi connectivity index (χ2v) is 5.03. The monoisotopic (exact) mass is 272 g/mol. The van der Waals surface area contributed by atoms with Crippen LogP contribution in [-0.2, 0) is 0 Å². The number of hydrogen-bond acceptors (Lipinski definition) is 5. The van der Waals surface area contributed by atoms with Crippen LogP contribution in [0.5, 0.6) is 11.5 Å². The topological polar surface area (TPSA) is 54.4 Å². The van der Waals surface area contributed by atoms with Crippen molar-refractivity contribution in [2.45, 2.75) is 0 Å². The van der Waals surface area contributed by atoms with Gasteiger partial charge in [0.25, 0.3) is 0 Å². The van der Waals surface area contributed by atoms with Crippen LogP contribution in [0.3, 0.4) is 0 Å². The second-order valence-electron chi connectivity index (χ2n) is 4.00. The Bertz CT molecular complexity index is 691. The Morgan fingerprint density at radius 3 is 2.84 bits per heavy atom. The summed E-state index contributed by atoms with van der Waals surface area (Å²) in [5.41, 5.74) is 1.80. The number of hydrogen-bond donors (Lipinski definition) is 2. The van der Waals surface area contributed by atoms with E-state index in [4.69, 9.17) is 4.74 Å². The van der Waals surface area contributed by atoms with E-state index < -0.39 is 0 Å². The number of phenols is 1. The Hall–Kier alpha value is -2.27. The fourth-order valence-electron chi connectivity index (χ4n) is 1.80. The number of aromatic nitrogens is 1. The van der Waals surface area contributed by atoms with E-state index in [9.17, 15) is 5.11 Å². The lowest BCUT2D eigenvalue weighted by atomic mass is 10.3. The third kappa shape index (κ3) is 2.32. The van der Waals surface area contributed by atoms with Crippen LogP contribution in [0.4, 0.5) is 10.8 Å². The highest BCUT2D eigenvalue weighted by Gasteiger charge is 2.06. The van der Waals surface area contributed by atoms with Crippen molar-refractivity contribution in [2.24, 2.45) is 0 Å². The lowest BCUT2D eigenvalue weighted by Gasteiger charge is -2.06. The van der Waals surface area contributed by atoms with Gasteiger partial charge in [-0.25, -0.2) is 4.98 Å². The zero-order chi connectivity index (χ0) is 13.2. The van der Waals surface area contributed by atoms with Gasteiger partial charge >= 0.3 is 0 Å². The molecule has 0 aliphatic heterocycles. The average molecular weight is 272 g/mol. The highest BCUT2D eigenvalue weighted by Crippen LogP contribution is 2.32. The van der Waals surface area contributed by atoms with Crippen molar-refractivity contribution in [2.75, 3.05) is 12.4 Å². The van der Waals surface area contributed by atoms with Crippen molar-refractivity contribution >= 4 is 32.4 Å². The van der Waals surface area contributed by atoms with Gasteiger partial charge in [0.2, 0.25) is 0 Å². The molecule has 0 amide bonds. The maximum absolute atomic E-state index is 9.55. The number of nitrogens with zero attached hydrogens (tertiary/aromatic N) is 1. The molecule has 19 heavy (non-hydrogen) atoms. The van der Waals surface area contributed by atoms with E-state index in [1.165, 1.54) is 7.11 Å². The van der Waals surface area contributed by atoms with E-state index in [0.29, 0.717) is 5.75 Å². The van der Waals surface area contributed by atoms with Crippen LogP contribution in [-0.4, -0.2) is 17.2 Å². The summed E-state index contributed by atoms with van der Waals surface area (Å²) in [4.78, 5) is 4.49. The minimum absolute atomic E-state index is 0.123. The molecule has 0 bridgehead atoms. The van der Waals surface area contributed by atoms with Crippen LogP contribution < -0.4 is 10.1 Å². The van der Waals surface area contributed by atoms with Gasteiger partial charge < -0.3 is 15.2 Å². The molecular weight excluding hydrogens is 260 g/mol. The summed E-state index contributed by atoms with van der Waals surface area (Å²) >= 11 is 1.58. The molecule has 0 saturated heterocycles. The fraction of sp³-hybridized carbons (Fsp3) is 0.0714. The number of anilines is 2. The molecule has 0 aliphatic rings. The minimum atomic E-state index is 0.123. The molecular formula is C14H12N2O2S. The summed E-state index contributed by atoms with van der Waals surface area (Å²) in [6.45, 7) is 0. The van der Waals surface area contributed by atoms with Gasteiger partial charge in [0.05, 0.1) is 17.3 Å². The largest absolute Gasteiger partial charge is 0.504 e. The maximum atomic E-state index is 9.55. The van der Waals surface area contributed by atoms with Gasteiger partial charge in [-0.15, -0.1) is 0 Å². The number of aromatic hydroxyl groups is 1. The van der Waals surface area contributed by atoms with Crippen molar-refractivity contribution in [1.29, 1.82) is 0 Å². The average Bonchev–Trinajstić information content (AvgIpc) is 2.83. The van der Waals surface area contributed by atoms with E-state index in [2.05, 4.69) is 10.3 Å². The van der Waals surface area contributed by atoms with Gasteiger partial charge in [-0.3, -0.25) is 0 Å². The molecule has 2 aromatic carbocycles. The zero-order valence-corrected chi connectivity index (χ0v) is 11.1. The first-order valence-corrected chi connectivity index (χ1v) is 6.57. The van der Waals surface area contributed by atoms with Crippen LogP contribution in [0.1, 0.15) is 0 Å².